The van der Waals surface area contributed by atoms with E-state index in [0.29, 0.717) is 6.42 Å². The highest BCUT2D eigenvalue weighted by Crippen LogP contribution is 2.21. The molecule has 1 rings (SSSR count). The summed E-state index contributed by atoms with van der Waals surface area (Å²) in [5.74, 6) is -0.0486. The molecule has 0 bridgehead atoms. The highest BCUT2D eigenvalue weighted by atomic mass is 79.9. The molecule has 100 valence electrons. The fourth-order valence-corrected chi connectivity index (χ4v) is 2.20. The van der Waals surface area contributed by atoms with Crippen molar-refractivity contribution < 1.29 is 9.90 Å². The second-order valence-electron chi connectivity index (χ2n) is 4.49. The van der Waals surface area contributed by atoms with E-state index in [2.05, 4.69) is 21.2 Å². The SMILES string of the molecule is CCC(Cc1ccccc1Br)C(=O)NC(C)CO. The molecular weight excluding hydrogens is 294 g/mol. The summed E-state index contributed by atoms with van der Waals surface area (Å²) < 4.78 is 1.03. The predicted molar refractivity (Wildman–Crippen MR) is 76.3 cm³/mol. The van der Waals surface area contributed by atoms with E-state index in [1.54, 1.807) is 6.92 Å². The van der Waals surface area contributed by atoms with Gasteiger partial charge in [-0.25, -0.2) is 0 Å². The molecule has 0 fully saturated rings. The van der Waals surface area contributed by atoms with Crippen molar-refractivity contribution >= 4 is 21.8 Å². The normalized spacial score (nSPS) is 14.0. The van der Waals surface area contributed by atoms with E-state index in [1.807, 2.05) is 31.2 Å². The zero-order chi connectivity index (χ0) is 13.5. The standard InChI is InChI=1S/C14H20BrNO2/c1-3-11(14(18)16-10(2)9-17)8-12-6-4-5-7-13(12)15/h4-7,10-11,17H,3,8-9H2,1-2H3,(H,16,18). The smallest absolute Gasteiger partial charge is 0.223 e. The maximum atomic E-state index is 12.0. The van der Waals surface area contributed by atoms with E-state index >= 15 is 0 Å². The summed E-state index contributed by atoms with van der Waals surface area (Å²) >= 11 is 3.50. The van der Waals surface area contributed by atoms with Gasteiger partial charge in [0.1, 0.15) is 0 Å². The number of hydrogen-bond acceptors (Lipinski definition) is 2. The van der Waals surface area contributed by atoms with Gasteiger partial charge >= 0.3 is 0 Å². The van der Waals surface area contributed by atoms with Crippen LogP contribution < -0.4 is 5.32 Å². The van der Waals surface area contributed by atoms with Crippen molar-refractivity contribution in [3.63, 3.8) is 0 Å². The molecule has 0 saturated heterocycles. The molecule has 1 aromatic carbocycles. The van der Waals surface area contributed by atoms with Gasteiger partial charge in [0.05, 0.1) is 6.61 Å². The van der Waals surface area contributed by atoms with Gasteiger partial charge < -0.3 is 10.4 Å². The molecule has 0 radical (unpaired) electrons. The van der Waals surface area contributed by atoms with Crippen molar-refractivity contribution in [3.8, 4) is 0 Å². The maximum absolute atomic E-state index is 12.0. The molecule has 0 spiro atoms. The third kappa shape index (κ3) is 4.42. The van der Waals surface area contributed by atoms with Crippen LogP contribution in [0.2, 0.25) is 0 Å². The van der Waals surface area contributed by atoms with Crippen molar-refractivity contribution in [3.05, 3.63) is 34.3 Å². The van der Waals surface area contributed by atoms with Crippen LogP contribution in [0, 0.1) is 5.92 Å². The van der Waals surface area contributed by atoms with Crippen LogP contribution in [-0.2, 0) is 11.2 Å². The Morgan fingerprint density at radius 3 is 2.67 bits per heavy atom. The van der Waals surface area contributed by atoms with E-state index < -0.39 is 0 Å². The summed E-state index contributed by atoms with van der Waals surface area (Å²) in [7, 11) is 0. The molecule has 0 aromatic heterocycles. The van der Waals surface area contributed by atoms with Gasteiger partial charge in [0.2, 0.25) is 5.91 Å². The van der Waals surface area contributed by atoms with Crippen molar-refractivity contribution in [1.29, 1.82) is 0 Å². The largest absolute Gasteiger partial charge is 0.394 e. The van der Waals surface area contributed by atoms with E-state index in [-0.39, 0.29) is 24.5 Å². The molecule has 1 aromatic rings. The van der Waals surface area contributed by atoms with Crippen molar-refractivity contribution in [1.82, 2.24) is 5.32 Å². The Balaban J connectivity index is 2.67. The van der Waals surface area contributed by atoms with Crippen LogP contribution in [0.25, 0.3) is 0 Å². The lowest BCUT2D eigenvalue weighted by Crippen LogP contribution is -2.39. The molecule has 2 N–H and O–H groups in total. The summed E-state index contributed by atoms with van der Waals surface area (Å²) in [6.45, 7) is 3.77. The van der Waals surface area contributed by atoms with Crippen LogP contribution >= 0.6 is 15.9 Å². The number of hydrogen-bond donors (Lipinski definition) is 2. The maximum Gasteiger partial charge on any atom is 0.223 e. The van der Waals surface area contributed by atoms with Gasteiger partial charge in [-0.2, -0.15) is 0 Å². The molecule has 0 aliphatic carbocycles. The number of nitrogens with one attached hydrogen (secondary N) is 1. The van der Waals surface area contributed by atoms with Gasteiger partial charge in [0.25, 0.3) is 0 Å². The Bertz CT molecular complexity index is 395. The first kappa shape index (κ1) is 15.2. The third-order valence-electron chi connectivity index (χ3n) is 2.95. The van der Waals surface area contributed by atoms with Crippen LogP contribution in [-0.4, -0.2) is 23.7 Å². The summed E-state index contributed by atoms with van der Waals surface area (Å²) in [6, 6.07) is 7.75. The average Bonchev–Trinajstić information content (AvgIpc) is 2.37. The lowest BCUT2D eigenvalue weighted by atomic mass is 9.96. The molecule has 4 heteroatoms. The predicted octanol–water partition coefficient (Wildman–Crippen LogP) is 2.51. The van der Waals surface area contributed by atoms with Gasteiger partial charge in [-0.3, -0.25) is 4.79 Å². The zero-order valence-corrected chi connectivity index (χ0v) is 12.4. The fraction of sp³-hybridized carbons (Fsp3) is 0.500. The average molecular weight is 314 g/mol. The molecule has 0 saturated carbocycles. The third-order valence-corrected chi connectivity index (χ3v) is 3.72. The van der Waals surface area contributed by atoms with Crippen LogP contribution in [0.3, 0.4) is 0 Å². The van der Waals surface area contributed by atoms with E-state index in [4.69, 9.17) is 5.11 Å². The minimum atomic E-state index is -0.189. The topological polar surface area (TPSA) is 49.3 Å². The van der Waals surface area contributed by atoms with E-state index in [0.717, 1.165) is 16.5 Å². The van der Waals surface area contributed by atoms with Crippen molar-refractivity contribution in [2.45, 2.75) is 32.7 Å². The molecule has 0 aliphatic heterocycles. The zero-order valence-electron chi connectivity index (χ0n) is 10.8. The molecule has 2 atom stereocenters. The first-order valence-electron chi connectivity index (χ1n) is 6.23. The fourth-order valence-electron chi connectivity index (χ4n) is 1.76. The first-order chi connectivity index (χ1) is 8.58. The van der Waals surface area contributed by atoms with Crippen LogP contribution in [0.1, 0.15) is 25.8 Å². The Hall–Kier alpha value is -0.870. The number of aliphatic hydroxyl groups is 1. The number of halogens is 1. The van der Waals surface area contributed by atoms with Gasteiger partial charge in [-0.05, 0) is 31.4 Å². The molecule has 0 heterocycles. The molecule has 0 aliphatic rings. The molecule has 18 heavy (non-hydrogen) atoms. The van der Waals surface area contributed by atoms with E-state index in [9.17, 15) is 4.79 Å². The quantitative estimate of drug-likeness (QED) is 0.848. The van der Waals surface area contributed by atoms with Crippen LogP contribution in [0.4, 0.5) is 0 Å². The highest BCUT2D eigenvalue weighted by Gasteiger charge is 2.19. The highest BCUT2D eigenvalue weighted by molar-refractivity contribution is 9.10. The minimum Gasteiger partial charge on any atom is -0.394 e. The lowest BCUT2D eigenvalue weighted by Gasteiger charge is -2.18. The number of amides is 1. The monoisotopic (exact) mass is 313 g/mol. The molecular formula is C14H20BrNO2. The van der Waals surface area contributed by atoms with Gasteiger partial charge in [-0.15, -0.1) is 0 Å². The van der Waals surface area contributed by atoms with Crippen LogP contribution in [0.15, 0.2) is 28.7 Å². The number of carbonyl (C=O) groups is 1. The minimum absolute atomic E-state index is 0.00908. The molecule has 2 unspecified atom stereocenters. The summed E-state index contributed by atoms with van der Waals surface area (Å²) in [6.07, 6.45) is 1.49. The Morgan fingerprint density at radius 1 is 1.44 bits per heavy atom. The van der Waals surface area contributed by atoms with Crippen molar-refractivity contribution in [2.75, 3.05) is 6.61 Å². The Kier molecular flexibility index (Phi) is 6.36. The van der Waals surface area contributed by atoms with Gasteiger partial charge in [0, 0.05) is 16.4 Å². The Morgan fingerprint density at radius 2 is 2.11 bits per heavy atom. The Labute approximate surface area is 117 Å². The summed E-state index contributed by atoms with van der Waals surface area (Å²) in [4.78, 5) is 12.0. The summed E-state index contributed by atoms with van der Waals surface area (Å²) in [5.41, 5.74) is 1.14. The number of benzene rings is 1. The summed E-state index contributed by atoms with van der Waals surface area (Å²) in [5, 5.41) is 11.8. The molecule has 1 amide bonds. The van der Waals surface area contributed by atoms with E-state index in [1.165, 1.54) is 0 Å². The van der Waals surface area contributed by atoms with Gasteiger partial charge in [-0.1, -0.05) is 41.1 Å². The second kappa shape index (κ2) is 7.54. The number of rotatable bonds is 6. The van der Waals surface area contributed by atoms with Gasteiger partial charge in [0.15, 0.2) is 0 Å². The molecule has 3 nitrogen and oxygen atoms in total. The second-order valence-corrected chi connectivity index (χ2v) is 5.35. The number of carbonyl (C=O) groups excluding carboxylic acids is 1. The first-order valence-corrected chi connectivity index (χ1v) is 7.02. The van der Waals surface area contributed by atoms with Crippen molar-refractivity contribution in [2.24, 2.45) is 5.92 Å². The lowest BCUT2D eigenvalue weighted by molar-refractivity contribution is -0.126. The van der Waals surface area contributed by atoms with Crippen LogP contribution in [0.5, 0.6) is 0 Å². The number of aliphatic hydroxyl groups excluding tert-OH is 1.